The lowest BCUT2D eigenvalue weighted by molar-refractivity contribution is 0.129. The topological polar surface area (TPSA) is 122 Å². The standard InChI is InChI=1S/C22H25N3O6S/c1-14-12-23-21(24-22(14)27)16-9-18(30-15(2)13-26)11-19(10-16)31-17-5-7-20(8-6-17)32(28,29)25(3)4/h5-12,15,26H,13H2,1-4H3,(H,23,24,27)/t15-/m0/s1. The number of sulfonamides is 1. The van der Waals surface area contributed by atoms with Crippen molar-refractivity contribution in [1.29, 1.82) is 0 Å². The third-order valence-electron chi connectivity index (χ3n) is 4.56. The van der Waals surface area contributed by atoms with Crippen molar-refractivity contribution in [3.63, 3.8) is 0 Å². The Hall–Kier alpha value is -3.21. The minimum Gasteiger partial charge on any atom is -0.488 e. The van der Waals surface area contributed by atoms with Crippen molar-refractivity contribution < 1.29 is 23.0 Å². The number of rotatable bonds is 8. The molecule has 1 atom stereocenters. The number of hydrogen-bond acceptors (Lipinski definition) is 7. The maximum absolute atomic E-state index is 12.2. The molecule has 2 aromatic carbocycles. The van der Waals surface area contributed by atoms with E-state index in [9.17, 15) is 18.3 Å². The number of H-pyrrole nitrogens is 1. The molecule has 3 rings (SSSR count). The quantitative estimate of drug-likeness (QED) is 0.531. The van der Waals surface area contributed by atoms with Crippen LogP contribution in [0.1, 0.15) is 12.5 Å². The van der Waals surface area contributed by atoms with Gasteiger partial charge in [0, 0.05) is 37.5 Å². The van der Waals surface area contributed by atoms with Crippen LogP contribution in [0.25, 0.3) is 11.4 Å². The molecule has 0 aliphatic heterocycles. The van der Waals surface area contributed by atoms with Crippen LogP contribution in [0, 0.1) is 6.92 Å². The van der Waals surface area contributed by atoms with E-state index in [1.165, 1.54) is 32.4 Å². The average Bonchev–Trinajstić information content (AvgIpc) is 2.75. The first kappa shape index (κ1) is 23.5. The Balaban J connectivity index is 1.97. The van der Waals surface area contributed by atoms with Crippen LogP contribution in [0.4, 0.5) is 0 Å². The molecule has 0 bridgehead atoms. The van der Waals surface area contributed by atoms with Gasteiger partial charge in [0.15, 0.2) is 0 Å². The lowest BCUT2D eigenvalue weighted by atomic mass is 10.1. The van der Waals surface area contributed by atoms with Gasteiger partial charge in [-0.1, -0.05) is 0 Å². The molecule has 170 valence electrons. The molecule has 3 aromatic rings. The molecule has 10 heteroatoms. The first-order valence-corrected chi connectivity index (χ1v) is 11.2. The number of aliphatic hydroxyl groups excluding tert-OH is 1. The molecule has 2 N–H and O–H groups in total. The van der Waals surface area contributed by atoms with Crippen molar-refractivity contribution in [2.24, 2.45) is 0 Å². The van der Waals surface area contributed by atoms with Gasteiger partial charge in [-0.3, -0.25) is 4.79 Å². The zero-order chi connectivity index (χ0) is 23.5. The Morgan fingerprint density at radius 2 is 1.75 bits per heavy atom. The van der Waals surface area contributed by atoms with E-state index in [0.717, 1.165) is 4.31 Å². The van der Waals surface area contributed by atoms with Crippen LogP contribution < -0.4 is 15.0 Å². The highest BCUT2D eigenvalue weighted by molar-refractivity contribution is 7.89. The summed E-state index contributed by atoms with van der Waals surface area (Å²) in [6.07, 6.45) is 1.02. The second kappa shape index (κ2) is 9.51. The predicted octanol–water partition coefficient (Wildman–Crippen LogP) is 2.55. The third kappa shape index (κ3) is 5.34. The summed E-state index contributed by atoms with van der Waals surface area (Å²) in [6, 6.07) is 11.0. The molecule has 0 amide bonds. The highest BCUT2D eigenvalue weighted by Crippen LogP contribution is 2.32. The van der Waals surface area contributed by atoms with Gasteiger partial charge in [0.05, 0.1) is 11.5 Å². The summed E-state index contributed by atoms with van der Waals surface area (Å²) in [5, 5.41) is 9.32. The van der Waals surface area contributed by atoms with Crippen molar-refractivity contribution in [3.05, 3.63) is 64.6 Å². The number of aromatic amines is 1. The van der Waals surface area contributed by atoms with Crippen molar-refractivity contribution in [2.75, 3.05) is 20.7 Å². The van der Waals surface area contributed by atoms with Gasteiger partial charge in [-0.2, -0.15) is 0 Å². The molecule has 0 aliphatic carbocycles. The second-order valence-electron chi connectivity index (χ2n) is 7.41. The van der Waals surface area contributed by atoms with Crippen molar-refractivity contribution in [2.45, 2.75) is 24.8 Å². The molecule has 9 nitrogen and oxygen atoms in total. The summed E-state index contributed by atoms with van der Waals surface area (Å²) >= 11 is 0. The minimum absolute atomic E-state index is 0.144. The fourth-order valence-corrected chi connectivity index (χ4v) is 3.64. The minimum atomic E-state index is -3.55. The third-order valence-corrected chi connectivity index (χ3v) is 6.39. The van der Waals surface area contributed by atoms with E-state index in [1.807, 2.05) is 0 Å². The molecule has 1 heterocycles. The van der Waals surface area contributed by atoms with E-state index in [4.69, 9.17) is 9.47 Å². The predicted molar refractivity (Wildman–Crippen MR) is 120 cm³/mol. The Labute approximate surface area is 186 Å². The Bertz CT molecular complexity index is 1250. The second-order valence-corrected chi connectivity index (χ2v) is 9.56. The van der Waals surface area contributed by atoms with Gasteiger partial charge in [-0.25, -0.2) is 17.7 Å². The summed E-state index contributed by atoms with van der Waals surface area (Å²) in [5.41, 5.74) is 0.774. The molecule has 0 radical (unpaired) electrons. The summed E-state index contributed by atoms with van der Waals surface area (Å²) < 4.78 is 37.2. The van der Waals surface area contributed by atoms with E-state index in [-0.39, 0.29) is 17.1 Å². The van der Waals surface area contributed by atoms with E-state index in [1.54, 1.807) is 44.2 Å². The van der Waals surface area contributed by atoms with Crippen LogP contribution in [0.15, 0.2) is 58.4 Å². The molecule has 1 aromatic heterocycles. The van der Waals surface area contributed by atoms with Gasteiger partial charge in [0.1, 0.15) is 29.2 Å². The normalized spacial score (nSPS) is 12.6. The summed E-state index contributed by atoms with van der Waals surface area (Å²) in [6.45, 7) is 3.19. The molecule has 0 saturated heterocycles. The van der Waals surface area contributed by atoms with Crippen molar-refractivity contribution in [1.82, 2.24) is 14.3 Å². The molecule has 32 heavy (non-hydrogen) atoms. The SMILES string of the molecule is Cc1cnc(-c2cc(Oc3ccc(S(=O)(=O)N(C)C)cc3)cc(O[C@@H](C)CO)c2)[nH]c1=O. The number of aromatic nitrogens is 2. The largest absolute Gasteiger partial charge is 0.488 e. The van der Waals surface area contributed by atoms with Crippen LogP contribution >= 0.6 is 0 Å². The van der Waals surface area contributed by atoms with Gasteiger partial charge < -0.3 is 19.6 Å². The Kier molecular flexibility index (Phi) is 6.97. The number of aryl methyl sites for hydroxylation is 1. The molecular weight excluding hydrogens is 434 g/mol. The fourth-order valence-electron chi connectivity index (χ4n) is 2.74. The van der Waals surface area contributed by atoms with Crippen molar-refractivity contribution >= 4 is 10.0 Å². The van der Waals surface area contributed by atoms with Crippen LogP contribution in [-0.2, 0) is 10.0 Å². The van der Waals surface area contributed by atoms with Crippen LogP contribution in [-0.4, -0.2) is 54.6 Å². The van der Waals surface area contributed by atoms with Gasteiger partial charge in [0.2, 0.25) is 10.0 Å². The van der Waals surface area contributed by atoms with Crippen LogP contribution in [0.2, 0.25) is 0 Å². The first-order chi connectivity index (χ1) is 15.1. The Morgan fingerprint density at radius 1 is 1.09 bits per heavy atom. The number of nitrogens with one attached hydrogen (secondary N) is 1. The van der Waals surface area contributed by atoms with Crippen LogP contribution in [0.3, 0.4) is 0 Å². The molecule has 0 aliphatic rings. The Morgan fingerprint density at radius 3 is 2.34 bits per heavy atom. The van der Waals surface area contributed by atoms with E-state index in [0.29, 0.717) is 34.2 Å². The molecule has 0 fully saturated rings. The summed E-state index contributed by atoms with van der Waals surface area (Å²) in [5.74, 6) is 1.54. The maximum atomic E-state index is 12.2. The number of nitrogens with zero attached hydrogens (tertiary/aromatic N) is 2. The molecule has 0 unspecified atom stereocenters. The lowest BCUT2D eigenvalue weighted by Gasteiger charge is -2.15. The molecule has 0 spiro atoms. The number of benzene rings is 2. The summed E-state index contributed by atoms with van der Waals surface area (Å²) in [7, 11) is -0.624. The van der Waals surface area contributed by atoms with E-state index in [2.05, 4.69) is 9.97 Å². The zero-order valence-electron chi connectivity index (χ0n) is 18.2. The molecular formula is C22H25N3O6S. The number of ether oxygens (including phenoxy) is 2. The molecule has 0 saturated carbocycles. The fraction of sp³-hybridized carbons (Fsp3) is 0.273. The van der Waals surface area contributed by atoms with Crippen LogP contribution in [0.5, 0.6) is 17.2 Å². The highest BCUT2D eigenvalue weighted by atomic mass is 32.2. The monoisotopic (exact) mass is 459 g/mol. The van der Waals surface area contributed by atoms with Gasteiger partial charge >= 0.3 is 0 Å². The first-order valence-electron chi connectivity index (χ1n) is 9.79. The smallest absolute Gasteiger partial charge is 0.254 e. The van der Waals surface area contributed by atoms with E-state index < -0.39 is 16.1 Å². The summed E-state index contributed by atoms with van der Waals surface area (Å²) in [4.78, 5) is 19.1. The van der Waals surface area contributed by atoms with Gasteiger partial charge in [-0.15, -0.1) is 0 Å². The number of hydrogen-bond donors (Lipinski definition) is 2. The number of aliphatic hydroxyl groups is 1. The van der Waals surface area contributed by atoms with Gasteiger partial charge in [0.25, 0.3) is 5.56 Å². The highest BCUT2D eigenvalue weighted by Gasteiger charge is 2.17. The average molecular weight is 460 g/mol. The van der Waals surface area contributed by atoms with Gasteiger partial charge in [-0.05, 0) is 50.2 Å². The van der Waals surface area contributed by atoms with E-state index >= 15 is 0 Å². The maximum Gasteiger partial charge on any atom is 0.254 e. The lowest BCUT2D eigenvalue weighted by Crippen LogP contribution is -2.22. The van der Waals surface area contributed by atoms with Crippen molar-refractivity contribution in [3.8, 4) is 28.6 Å². The zero-order valence-corrected chi connectivity index (χ0v) is 19.0.